The molecule has 0 heterocycles. The third-order valence-electron chi connectivity index (χ3n) is 0.911. The van der Waals surface area contributed by atoms with E-state index in [1.165, 1.54) is 0 Å². The van der Waals surface area contributed by atoms with Gasteiger partial charge in [-0.2, -0.15) is 0 Å². The summed E-state index contributed by atoms with van der Waals surface area (Å²) in [6.07, 6.45) is 0. The molecule has 0 saturated heterocycles. The zero-order valence-corrected chi connectivity index (χ0v) is 5.65. The molecule has 0 aliphatic heterocycles. The summed E-state index contributed by atoms with van der Waals surface area (Å²) in [5, 5.41) is 0. The molecular formula is C4H12NSi. The van der Waals surface area contributed by atoms with Crippen molar-refractivity contribution in [3.63, 3.8) is 0 Å². The molecule has 0 aliphatic rings. The highest BCUT2D eigenvalue weighted by Gasteiger charge is 1.98. The summed E-state index contributed by atoms with van der Waals surface area (Å²) in [6.45, 7) is 6.50. The Morgan fingerprint density at radius 2 is 1.67 bits per heavy atom. The van der Waals surface area contributed by atoms with Crippen molar-refractivity contribution >= 4 is 8.80 Å². The van der Waals surface area contributed by atoms with Gasteiger partial charge in [-0.3, -0.25) is 0 Å². The van der Waals surface area contributed by atoms with Gasteiger partial charge in [-0.15, -0.1) is 0 Å². The Kier molecular flexibility index (Phi) is 2.44. The largest absolute Gasteiger partial charge is 0.331 e. The van der Waals surface area contributed by atoms with Crippen LogP contribution >= 0.6 is 0 Å². The van der Waals surface area contributed by atoms with Gasteiger partial charge in [0.05, 0.1) is 8.80 Å². The Bertz CT molecular complexity index is 28.5. The second-order valence-electron chi connectivity index (χ2n) is 1.87. The lowest BCUT2D eigenvalue weighted by Crippen LogP contribution is -2.29. The van der Waals surface area contributed by atoms with E-state index in [0.717, 1.165) is 0 Å². The second-order valence-corrected chi connectivity index (χ2v) is 4.93. The first-order valence-corrected chi connectivity index (χ1v) is 4.78. The smallest absolute Gasteiger partial charge is 0.0616 e. The zero-order chi connectivity index (χ0) is 5.15. The van der Waals surface area contributed by atoms with Crippen LogP contribution < -0.4 is 5.73 Å². The summed E-state index contributed by atoms with van der Waals surface area (Å²) in [6, 6.07) is 0. The van der Waals surface area contributed by atoms with Crippen LogP contribution in [-0.4, -0.2) is 14.5 Å². The first-order chi connectivity index (χ1) is 2.64. The molecule has 37 valence electrons. The molecular weight excluding hydrogens is 90.1 g/mol. The number of hydrogen-bond acceptors (Lipinski definition) is 1. The maximum atomic E-state index is 5.48. The second kappa shape index (κ2) is 2.37. The molecule has 0 rings (SSSR count). The third kappa shape index (κ3) is 2.42. The Morgan fingerprint density at radius 3 is 1.67 bits per heavy atom. The van der Waals surface area contributed by atoms with Gasteiger partial charge >= 0.3 is 0 Å². The summed E-state index contributed by atoms with van der Waals surface area (Å²) in [5.41, 5.74) is 5.93. The average Bonchev–Trinajstić information content (AvgIpc) is 1.36. The SMILES string of the molecule is CC(N)[Si](C)C. The van der Waals surface area contributed by atoms with E-state index in [-0.39, 0.29) is 8.80 Å². The number of hydrogen-bond donors (Lipinski definition) is 1. The zero-order valence-electron chi connectivity index (χ0n) is 4.65. The number of nitrogens with two attached hydrogens (primary N) is 1. The molecule has 1 unspecified atom stereocenters. The Labute approximate surface area is 41.2 Å². The molecule has 0 saturated carbocycles. The van der Waals surface area contributed by atoms with E-state index in [9.17, 15) is 0 Å². The normalized spacial score (nSPS) is 15.5. The maximum absolute atomic E-state index is 5.48. The number of rotatable bonds is 1. The van der Waals surface area contributed by atoms with Gasteiger partial charge in [0, 0.05) is 0 Å². The molecule has 0 fully saturated rings. The summed E-state index contributed by atoms with van der Waals surface area (Å²) >= 11 is 0. The van der Waals surface area contributed by atoms with Crippen molar-refractivity contribution in [2.45, 2.75) is 25.7 Å². The fourth-order valence-electron chi connectivity index (χ4n) is 0. The van der Waals surface area contributed by atoms with E-state index in [1.807, 2.05) is 0 Å². The predicted octanol–water partition coefficient (Wildman–Crippen LogP) is 0.627. The van der Waals surface area contributed by atoms with Crippen LogP contribution in [0.4, 0.5) is 0 Å². The van der Waals surface area contributed by atoms with Gasteiger partial charge in [0.2, 0.25) is 0 Å². The average molecular weight is 102 g/mol. The van der Waals surface area contributed by atoms with Crippen molar-refractivity contribution in [2.24, 2.45) is 5.73 Å². The van der Waals surface area contributed by atoms with Crippen LogP contribution in [0.2, 0.25) is 13.1 Å². The minimum absolute atomic E-state index is 0.174. The highest BCUT2D eigenvalue weighted by atomic mass is 28.3. The summed E-state index contributed by atoms with van der Waals surface area (Å²) < 4.78 is 0. The molecule has 0 bridgehead atoms. The Hall–Kier alpha value is 0.177. The van der Waals surface area contributed by atoms with Crippen molar-refractivity contribution in [2.75, 3.05) is 0 Å². The lowest BCUT2D eigenvalue weighted by atomic mass is 10.8. The van der Waals surface area contributed by atoms with Crippen LogP contribution in [0.1, 0.15) is 6.92 Å². The third-order valence-corrected chi connectivity index (χ3v) is 2.73. The summed E-state index contributed by atoms with van der Waals surface area (Å²) in [5.74, 6) is 0. The van der Waals surface area contributed by atoms with Crippen molar-refractivity contribution < 1.29 is 0 Å². The molecule has 0 amide bonds. The molecule has 0 aromatic heterocycles. The topological polar surface area (TPSA) is 26.0 Å². The standard InChI is InChI=1S/C4H12NSi/c1-4(5)6(2)3/h4H,5H2,1-3H3. The lowest BCUT2D eigenvalue weighted by molar-refractivity contribution is 0.998. The van der Waals surface area contributed by atoms with Gasteiger partial charge in [0.1, 0.15) is 0 Å². The van der Waals surface area contributed by atoms with Crippen LogP contribution in [0.25, 0.3) is 0 Å². The molecule has 1 radical (unpaired) electrons. The van der Waals surface area contributed by atoms with Gasteiger partial charge in [-0.1, -0.05) is 20.0 Å². The van der Waals surface area contributed by atoms with Gasteiger partial charge in [-0.25, -0.2) is 0 Å². The predicted molar refractivity (Wildman–Crippen MR) is 31.1 cm³/mol. The van der Waals surface area contributed by atoms with Crippen molar-refractivity contribution in [1.82, 2.24) is 0 Å². The van der Waals surface area contributed by atoms with Gasteiger partial charge in [0.15, 0.2) is 0 Å². The van der Waals surface area contributed by atoms with Gasteiger partial charge in [0.25, 0.3) is 0 Å². The molecule has 6 heavy (non-hydrogen) atoms. The van der Waals surface area contributed by atoms with Gasteiger partial charge in [-0.05, 0) is 5.67 Å². The highest BCUT2D eigenvalue weighted by Crippen LogP contribution is 1.81. The maximum Gasteiger partial charge on any atom is 0.0616 e. The molecule has 0 aromatic carbocycles. The van der Waals surface area contributed by atoms with E-state index in [2.05, 4.69) is 20.0 Å². The van der Waals surface area contributed by atoms with E-state index < -0.39 is 0 Å². The molecule has 2 N–H and O–H groups in total. The van der Waals surface area contributed by atoms with Crippen LogP contribution in [0.3, 0.4) is 0 Å². The molecule has 0 aliphatic carbocycles. The van der Waals surface area contributed by atoms with Crippen molar-refractivity contribution in [3.05, 3.63) is 0 Å². The Morgan fingerprint density at radius 1 is 1.50 bits per heavy atom. The van der Waals surface area contributed by atoms with E-state index >= 15 is 0 Å². The fraction of sp³-hybridized carbons (Fsp3) is 1.00. The molecule has 2 heteroatoms. The van der Waals surface area contributed by atoms with Crippen LogP contribution in [0, 0.1) is 0 Å². The first-order valence-electron chi connectivity index (χ1n) is 2.20. The first kappa shape index (κ1) is 6.18. The molecule has 0 aromatic rings. The summed E-state index contributed by atoms with van der Waals surface area (Å²) in [4.78, 5) is 0. The van der Waals surface area contributed by atoms with Crippen LogP contribution in [0.15, 0.2) is 0 Å². The quantitative estimate of drug-likeness (QED) is 0.483. The fourth-order valence-corrected chi connectivity index (χ4v) is 0. The van der Waals surface area contributed by atoms with Crippen LogP contribution in [-0.2, 0) is 0 Å². The van der Waals surface area contributed by atoms with E-state index in [1.54, 1.807) is 0 Å². The van der Waals surface area contributed by atoms with Crippen LogP contribution in [0.5, 0.6) is 0 Å². The molecule has 1 nitrogen and oxygen atoms in total. The van der Waals surface area contributed by atoms with Gasteiger partial charge < -0.3 is 5.73 Å². The highest BCUT2D eigenvalue weighted by molar-refractivity contribution is 6.57. The molecule has 0 spiro atoms. The van der Waals surface area contributed by atoms with E-state index in [0.29, 0.717) is 5.67 Å². The molecule has 1 atom stereocenters. The minimum atomic E-state index is -0.174. The van der Waals surface area contributed by atoms with Crippen molar-refractivity contribution in [1.29, 1.82) is 0 Å². The summed E-state index contributed by atoms with van der Waals surface area (Å²) in [7, 11) is -0.174. The minimum Gasteiger partial charge on any atom is -0.331 e. The Balaban J connectivity index is 2.99. The monoisotopic (exact) mass is 102 g/mol. The van der Waals surface area contributed by atoms with E-state index in [4.69, 9.17) is 5.73 Å². The lowest BCUT2D eigenvalue weighted by Gasteiger charge is -2.03. The van der Waals surface area contributed by atoms with Crippen molar-refractivity contribution in [3.8, 4) is 0 Å².